The van der Waals surface area contributed by atoms with E-state index >= 15 is 0 Å². The predicted octanol–water partition coefficient (Wildman–Crippen LogP) is 2.75. The van der Waals surface area contributed by atoms with Gasteiger partial charge in [0.05, 0.1) is 17.1 Å². The molecule has 6 heteroatoms. The van der Waals surface area contributed by atoms with Gasteiger partial charge in [0.1, 0.15) is 6.33 Å². The van der Waals surface area contributed by atoms with E-state index in [1.165, 1.54) is 0 Å². The zero-order valence-corrected chi connectivity index (χ0v) is 15.7. The number of imidazole rings is 1. The van der Waals surface area contributed by atoms with E-state index in [1.54, 1.807) is 13.8 Å². The normalized spacial score (nSPS) is 16.0. The Bertz CT molecular complexity index is 971. The fourth-order valence-electron chi connectivity index (χ4n) is 3.61. The fourth-order valence-corrected chi connectivity index (χ4v) is 3.61. The lowest BCUT2D eigenvalue weighted by Crippen LogP contribution is -2.48. The van der Waals surface area contributed by atoms with Gasteiger partial charge in [0.15, 0.2) is 0 Å². The minimum Gasteiger partial charge on any atom is -0.389 e. The van der Waals surface area contributed by atoms with Crippen LogP contribution in [0.25, 0.3) is 16.7 Å². The van der Waals surface area contributed by atoms with Crippen LogP contribution in [0.1, 0.15) is 25.5 Å². The fraction of sp³-hybridized carbons (Fsp3) is 0.333. The van der Waals surface area contributed by atoms with E-state index in [2.05, 4.69) is 38.7 Å². The molecule has 1 N–H and O–H groups in total. The molecule has 0 aliphatic carbocycles. The van der Waals surface area contributed by atoms with Gasteiger partial charge in [-0.3, -0.25) is 9.36 Å². The molecule has 140 valence electrons. The lowest BCUT2D eigenvalue weighted by Gasteiger charge is -2.35. The number of amides is 1. The summed E-state index contributed by atoms with van der Waals surface area (Å²) in [6.45, 7) is 6.58. The van der Waals surface area contributed by atoms with Crippen LogP contribution < -0.4 is 4.90 Å². The lowest BCUT2D eigenvalue weighted by molar-refractivity contribution is -0.129. The summed E-state index contributed by atoms with van der Waals surface area (Å²) in [4.78, 5) is 20.2. The summed E-state index contributed by atoms with van der Waals surface area (Å²) in [5.74, 6) is 0.143. The first-order valence-corrected chi connectivity index (χ1v) is 9.29. The van der Waals surface area contributed by atoms with Crippen molar-refractivity contribution in [2.75, 3.05) is 31.1 Å². The molecular weight excluding hydrogens is 340 g/mol. The summed E-state index contributed by atoms with van der Waals surface area (Å²) in [6.07, 6.45) is 1.32. The van der Waals surface area contributed by atoms with E-state index in [-0.39, 0.29) is 5.91 Å². The molecule has 1 fully saturated rings. The number of aliphatic hydroxyl groups is 1. The largest absolute Gasteiger partial charge is 0.389 e. The summed E-state index contributed by atoms with van der Waals surface area (Å²) >= 11 is 0. The molecule has 1 aromatic heterocycles. The van der Waals surface area contributed by atoms with Crippen molar-refractivity contribution in [3.8, 4) is 5.69 Å². The standard InChI is InChI=1S/C21H24N4O2/c1-15(26)17-6-7-21-20(12-17)22-14-25(21)19-5-3-4-18(13-19)24-10-8-23(9-11-24)16(2)27/h3-7,12-15,26H,8-11H2,1-2H3. The molecule has 2 heterocycles. The first-order valence-electron chi connectivity index (χ1n) is 9.29. The number of aliphatic hydroxyl groups excluding tert-OH is 1. The Morgan fingerprint density at radius 3 is 2.52 bits per heavy atom. The number of benzene rings is 2. The van der Waals surface area contributed by atoms with E-state index in [0.717, 1.165) is 54.2 Å². The number of carbonyl (C=O) groups excluding carboxylic acids is 1. The number of hydrogen-bond acceptors (Lipinski definition) is 4. The maximum Gasteiger partial charge on any atom is 0.219 e. The highest BCUT2D eigenvalue weighted by Crippen LogP contribution is 2.25. The molecule has 4 rings (SSSR count). The molecule has 3 aromatic rings. The third kappa shape index (κ3) is 3.40. The van der Waals surface area contributed by atoms with Gasteiger partial charge in [-0.25, -0.2) is 4.98 Å². The van der Waals surface area contributed by atoms with Crippen molar-refractivity contribution in [1.82, 2.24) is 14.5 Å². The number of carbonyl (C=O) groups is 1. The Balaban J connectivity index is 1.61. The quantitative estimate of drug-likeness (QED) is 0.776. The van der Waals surface area contributed by atoms with Crippen LogP contribution in [-0.4, -0.2) is 51.6 Å². The zero-order valence-electron chi connectivity index (χ0n) is 15.7. The maximum atomic E-state index is 11.5. The van der Waals surface area contributed by atoms with Crippen LogP contribution in [0.15, 0.2) is 48.8 Å². The van der Waals surface area contributed by atoms with Gasteiger partial charge in [-0.05, 0) is 42.8 Å². The van der Waals surface area contributed by atoms with Crippen LogP contribution in [0.5, 0.6) is 0 Å². The molecule has 1 aliphatic rings. The van der Waals surface area contributed by atoms with E-state index in [9.17, 15) is 9.90 Å². The minimum absolute atomic E-state index is 0.143. The average Bonchev–Trinajstić information content (AvgIpc) is 3.11. The number of rotatable bonds is 3. The second kappa shape index (κ2) is 7.04. The molecule has 0 radical (unpaired) electrons. The van der Waals surface area contributed by atoms with Crippen molar-refractivity contribution in [3.05, 3.63) is 54.4 Å². The maximum absolute atomic E-state index is 11.5. The second-order valence-corrected chi connectivity index (χ2v) is 7.05. The highest BCUT2D eigenvalue weighted by Gasteiger charge is 2.19. The van der Waals surface area contributed by atoms with Crippen LogP contribution in [0.3, 0.4) is 0 Å². The number of hydrogen-bond donors (Lipinski definition) is 1. The summed E-state index contributed by atoms with van der Waals surface area (Å²) in [5, 5.41) is 9.78. The summed E-state index contributed by atoms with van der Waals surface area (Å²) < 4.78 is 2.07. The third-order valence-corrected chi connectivity index (χ3v) is 5.25. The van der Waals surface area contributed by atoms with Gasteiger partial charge >= 0.3 is 0 Å². The highest BCUT2D eigenvalue weighted by atomic mass is 16.3. The van der Waals surface area contributed by atoms with Crippen molar-refractivity contribution in [1.29, 1.82) is 0 Å². The van der Waals surface area contributed by atoms with Gasteiger partial charge in [0.2, 0.25) is 5.91 Å². The Hall–Kier alpha value is -2.86. The van der Waals surface area contributed by atoms with Crippen LogP contribution in [0.4, 0.5) is 5.69 Å². The van der Waals surface area contributed by atoms with Gasteiger partial charge < -0.3 is 14.9 Å². The van der Waals surface area contributed by atoms with E-state index in [1.807, 2.05) is 29.4 Å². The Kier molecular flexibility index (Phi) is 4.58. The summed E-state index contributed by atoms with van der Waals surface area (Å²) in [5.41, 5.74) is 4.95. The van der Waals surface area contributed by atoms with Crippen LogP contribution in [0.2, 0.25) is 0 Å². The van der Waals surface area contributed by atoms with Gasteiger partial charge in [0, 0.05) is 44.5 Å². The Morgan fingerprint density at radius 1 is 1.07 bits per heavy atom. The molecule has 1 amide bonds. The number of piperazine rings is 1. The van der Waals surface area contributed by atoms with E-state index in [4.69, 9.17) is 0 Å². The zero-order chi connectivity index (χ0) is 19.0. The number of anilines is 1. The van der Waals surface area contributed by atoms with Crippen molar-refractivity contribution >= 4 is 22.6 Å². The molecule has 0 bridgehead atoms. The van der Waals surface area contributed by atoms with Crippen molar-refractivity contribution < 1.29 is 9.90 Å². The molecule has 1 aliphatic heterocycles. The van der Waals surface area contributed by atoms with Crippen molar-refractivity contribution in [2.45, 2.75) is 20.0 Å². The van der Waals surface area contributed by atoms with Crippen molar-refractivity contribution in [3.63, 3.8) is 0 Å². The molecule has 1 saturated heterocycles. The Labute approximate surface area is 158 Å². The first kappa shape index (κ1) is 17.5. The van der Waals surface area contributed by atoms with Crippen LogP contribution in [0, 0.1) is 0 Å². The molecule has 0 spiro atoms. The first-order chi connectivity index (χ1) is 13.0. The highest BCUT2D eigenvalue weighted by molar-refractivity contribution is 5.78. The lowest BCUT2D eigenvalue weighted by atomic mass is 10.1. The summed E-state index contributed by atoms with van der Waals surface area (Å²) in [6, 6.07) is 14.3. The third-order valence-electron chi connectivity index (χ3n) is 5.25. The Morgan fingerprint density at radius 2 is 1.81 bits per heavy atom. The number of nitrogens with zero attached hydrogens (tertiary/aromatic N) is 4. The second-order valence-electron chi connectivity index (χ2n) is 7.05. The molecule has 1 unspecified atom stereocenters. The van der Waals surface area contributed by atoms with Crippen LogP contribution in [-0.2, 0) is 4.79 Å². The summed E-state index contributed by atoms with van der Waals surface area (Å²) in [7, 11) is 0. The minimum atomic E-state index is -0.503. The number of fused-ring (bicyclic) bond motifs is 1. The SMILES string of the molecule is CC(=O)N1CCN(c2cccc(-n3cnc4cc(C(C)O)ccc43)c2)CC1. The van der Waals surface area contributed by atoms with Crippen molar-refractivity contribution in [2.24, 2.45) is 0 Å². The smallest absolute Gasteiger partial charge is 0.219 e. The van der Waals surface area contributed by atoms with Crippen LogP contribution >= 0.6 is 0 Å². The molecule has 1 atom stereocenters. The molecule has 27 heavy (non-hydrogen) atoms. The van der Waals surface area contributed by atoms with Gasteiger partial charge in [0.25, 0.3) is 0 Å². The number of aromatic nitrogens is 2. The monoisotopic (exact) mass is 364 g/mol. The molecular formula is C21H24N4O2. The van der Waals surface area contributed by atoms with Gasteiger partial charge in [-0.2, -0.15) is 0 Å². The van der Waals surface area contributed by atoms with E-state index < -0.39 is 6.10 Å². The van der Waals surface area contributed by atoms with Gasteiger partial charge in [-0.1, -0.05) is 12.1 Å². The topological polar surface area (TPSA) is 61.6 Å². The molecule has 0 saturated carbocycles. The predicted molar refractivity (Wildman–Crippen MR) is 106 cm³/mol. The molecule has 6 nitrogen and oxygen atoms in total. The van der Waals surface area contributed by atoms with E-state index in [0.29, 0.717) is 0 Å². The average molecular weight is 364 g/mol. The molecule has 2 aromatic carbocycles. The van der Waals surface area contributed by atoms with Gasteiger partial charge in [-0.15, -0.1) is 0 Å².